The molecule has 1 atom stereocenters. The Morgan fingerprint density at radius 2 is 2.06 bits per heavy atom. The van der Waals surface area contributed by atoms with Gasteiger partial charge in [-0.1, -0.05) is 11.6 Å². The lowest BCUT2D eigenvalue weighted by Crippen LogP contribution is -2.34. The van der Waals surface area contributed by atoms with E-state index >= 15 is 0 Å². The maximum Gasteiger partial charge on any atom is 0.233 e. The van der Waals surface area contributed by atoms with Crippen molar-refractivity contribution in [3.8, 4) is 0 Å². The van der Waals surface area contributed by atoms with Crippen LogP contribution in [-0.2, 0) is 4.79 Å². The van der Waals surface area contributed by atoms with Crippen molar-refractivity contribution in [2.24, 2.45) is 5.73 Å². The van der Waals surface area contributed by atoms with Crippen LogP contribution < -0.4 is 11.1 Å². The quantitative estimate of drug-likeness (QED) is 0.820. The van der Waals surface area contributed by atoms with Gasteiger partial charge in [-0.15, -0.1) is 24.2 Å². The first kappa shape index (κ1) is 16.6. The van der Waals surface area contributed by atoms with Crippen molar-refractivity contribution in [3.63, 3.8) is 0 Å². The van der Waals surface area contributed by atoms with Gasteiger partial charge in [0.25, 0.3) is 0 Å². The van der Waals surface area contributed by atoms with E-state index < -0.39 is 0 Å². The minimum atomic E-state index is -0.132. The van der Waals surface area contributed by atoms with Crippen LogP contribution >= 0.6 is 35.8 Å². The molecule has 0 heterocycles. The SMILES string of the molecule is CC(Sc1ccc(Cl)cc1)C(=O)NCCN.Cl. The molecule has 0 radical (unpaired) electrons. The van der Waals surface area contributed by atoms with Crippen molar-refractivity contribution >= 4 is 41.7 Å². The largest absolute Gasteiger partial charge is 0.354 e. The Balaban J connectivity index is 0.00000256. The molecule has 0 fully saturated rings. The molecule has 1 rings (SSSR count). The van der Waals surface area contributed by atoms with Gasteiger partial charge in [-0.25, -0.2) is 0 Å². The minimum Gasteiger partial charge on any atom is -0.354 e. The van der Waals surface area contributed by atoms with Gasteiger partial charge in [-0.05, 0) is 31.2 Å². The molecule has 0 aromatic heterocycles. The summed E-state index contributed by atoms with van der Waals surface area (Å²) in [6.45, 7) is 2.85. The van der Waals surface area contributed by atoms with Crippen LogP contribution in [0.25, 0.3) is 0 Å². The lowest BCUT2D eigenvalue weighted by molar-refractivity contribution is -0.120. The van der Waals surface area contributed by atoms with Gasteiger partial charge in [0.15, 0.2) is 0 Å². The highest BCUT2D eigenvalue weighted by Crippen LogP contribution is 2.24. The van der Waals surface area contributed by atoms with E-state index in [1.807, 2.05) is 31.2 Å². The second-order valence-corrected chi connectivity index (χ2v) is 5.14. The van der Waals surface area contributed by atoms with Crippen LogP contribution in [0, 0.1) is 0 Å². The lowest BCUT2D eigenvalue weighted by Gasteiger charge is -2.11. The molecule has 17 heavy (non-hydrogen) atoms. The highest BCUT2D eigenvalue weighted by atomic mass is 35.5. The summed E-state index contributed by atoms with van der Waals surface area (Å²) in [4.78, 5) is 12.6. The Labute approximate surface area is 117 Å². The summed E-state index contributed by atoms with van der Waals surface area (Å²) in [6, 6.07) is 7.43. The molecule has 0 saturated heterocycles. The number of rotatable bonds is 5. The zero-order valence-electron chi connectivity index (χ0n) is 9.48. The van der Waals surface area contributed by atoms with Crippen molar-refractivity contribution in [1.29, 1.82) is 0 Å². The topological polar surface area (TPSA) is 55.1 Å². The van der Waals surface area contributed by atoms with Gasteiger partial charge in [0.2, 0.25) is 5.91 Å². The van der Waals surface area contributed by atoms with Crippen LogP contribution in [0.15, 0.2) is 29.2 Å². The number of hydrogen-bond donors (Lipinski definition) is 2. The molecule has 1 amide bonds. The molecular weight excluding hydrogens is 279 g/mol. The monoisotopic (exact) mass is 294 g/mol. The summed E-state index contributed by atoms with van der Waals surface area (Å²) in [5.41, 5.74) is 5.31. The van der Waals surface area contributed by atoms with E-state index in [1.54, 1.807) is 0 Å². The van der Waals surface area contributed by atoms with Gasteiger partial charge in [0.05, 0.1) is 5.25 Å². The van der Waals surface area contributed by atoms with E-state index in [-0.39, 0.29) is 23.6 Å². The van der Waals surface area contributed by atoms with Crippen molar-refractivity contribution in [2.45, 2.75) is 17.1 Å². The van der Waals surface area contributed by atoms with E-state index in [0.29, 0.717) is 18.1 Å². The number of amides is 1. The number of nitrogens with two attached hydrogens (primary N) is 1. The van der Waals surface area contributed by atoms with Crippen LogP contribution in [0.5, 0.6) is 0 Å². The van der Waals surface area contributed by atoms with Gasteiger partial charge in [-0.3, -0.25) is 4.79 Å². The lowest BCUT2D eigenvalue weighted by atomic mass is 10.4. The average molecular weight is 295 g/mol. The molecule has 1 aromatic carbocycles. The Hall–Kier alpha value is -0.420. The third-order valence-corrected chi connectivity index (χ3v) is 3.30. The number of nitrogens with one attached hydrogen (secondary N) is 1. The molecular formula is C11H16Cl2N2OS. The van der Waals surface area contributed by atoms with Crippen molar-refractivity contribution in [2.75, 3.05) is 13.1 Å². The van der Waals surface area contributed by atoms with Gasteiger partial charge < -0.3 is 11.1 Å². The van der Waals surface area contributed by atoms with Crippen molar-refractivity contribution in [1.82, 2.24) is 5.32 Å². The van der Waals surface area contributed by atoms with Crippen LogP contribution in [0.4, 0.5) is 0 Å². The normalized spacial score (nSPS) is 11.5. The van der Waals surface area contributed by atoms with E-state index in [9.17, 15) is 4.79 Å². The molecule has 0 aliphatic rings. The summed E-state index contributed by atoms with van der Waals surface area (Å²) in [5.74, 6) is 0.00500. The number of hydrogen-bond acceptors (Lipinski definition) is 3. The van der Waals surface area contributed by atoms with Crippen LogP contribution in [0.3, 0.4) is 0 Å². The first-order valence-electron chi connectivity index (χ1n) is 5.03. The predicted octanol–water partition coefficient (Wildman–Crippen LogP) is 2.32. The average Bonchev–Trinajstić information content (AvgIpc) is 2.29. The highest BCUT2D eigenvalue weighted by Gasteiger charge is 2.13. The molecule has 0 saturated carbocycles. The third kappa shape index (κ3) is 6.17. The fourth-order valence-electron chi connectivity index (χ4n) is 1.11. The van der Waals surface area contributed by atoms with Gasteiger partial charge in [0.1, 0.15) is 0 Å². The first-order chi connectivity index (χ1) is 7.63. The van der Waals surface area contributed by atoms with Crippen LogP contribution in [-0.4, -0.2) is 24.2 Å². The Bertz CT molecular complexity index is 346. The number of carbonyl (C=O) groups is 1. The van der Waals surface area contributed by atoms with E-state index in [2.05, 4.69) is 5.32 Å². The fourth-order valence-corrected chi connectivity index (χ4v) is 2.13. The summed E-state index contributed by atoms with van der Waals surface area (Å²) >= 11 is 7.28. The Morgan fingerprint density at radius 1 is 1.47 bits per heavy atom. The zero-order valence-corrected chi connectivity index (χ0v) is 11.9. The molecule has 1 aromatic rings. The first-order valence-corrected chi connectivity index (χ1v) is 6.29. The summed E-state index contributed by atoms with van der Waals surface area (Å²) < 4.78 is 0. The molecule has 3 N–H and O–H groups in total. The minimum absolute atomic E-state index is 0. The van der Waals surface area contributed by atoms with Gasteiger partial charge in [-0.2, -0.15) is 0 Å². The molecule has 96 valence electrons. The van der Waals surface area contributed by atoms with Crippen LogP contribution in [0.1, 0.15) is 6.92 Å². The van der Waals surface area contributed by atoms with Crippen molar-refractivity contribution < 1.29 is 4.79 Å². The van der Waals surface area contributed by atoms with Crippen molar-refractivity contribution in [3.05, 3.63) is 29.3 Å². The summed E-state index contributed by atoms with van der Waals surface area (Å²) in [6.07, 6.45) is 0. The third-order valence-electron chi connectivity index (χ3n) is 1.94. The highest BCUT2D eigenvalue weighted by molar-refractivity contribution is 8.00. The molecule has 3 nitrogen and oxygen atoms in total. The number of thioether (sulfide) groups is 1. The number of carbonyl (C=O) groups excluding carboxylic acids is 1. The Kier molecular flexibility index (Phi) is 8.43. The number of halogens is 2. The van der Waals surface area contributed by atoms with Gasteiger partial charge in [0, 0.05) is 23.0 Å². The summed E-state index contributed by atoms with van der Waals surface area (Å²) in [7, 11) is 0. The molecule has 1 unspecified atom stereocenters. The van der Waals surface area contributed by atoms with E-state index in [1.165, 1.54) is 11.8 Å². The second-order valence-electron chi connectivity index (χ2n) is 3.29. The maximum atomic E-state index is 11.6. The van der Waals surface area contributed by atoms with E-state index in [0.717, 1.165) is 4.90 Å². The van der Waals surface area contributed by atoms with Crippen LogP contribution in [0.2, 0.25) is 5.02 Å². The second kappa shape index (κ2) is 8.64. The summed E-state index contributed by atoms with van der Waals surface area (Å²) in [5, 5.41) is 3.32. The Morgan fingerprint density at radius 3 is 2.59 bits per heavy atom. The van der Waals surface area contributed by atoms with E-state index in [4.69, 9.17) is 17.3 Å². The molecule has 6 heteroatoms. The zero-order chi connectivity index (χ0) is 12.0. The fraction of sp³-hybridized carbons (Fsp3) is 0.364. The smallest absolute Gasteiger partial charge is 0.233 e. The van der Waals surface area contributed by atoms with Gasteiger partial charge >= 0.3 is 0 Å². The predicted molar refractivity (Wildman–Crippen MR) is 76.1 cm³/mol. The standard InChI is InChI=1S/C11H15ClN2OS.ClH/c1-8(11(15)14-7-6-13)16-10-4-2-9(12)3-5-10;/h2-5,8H,6-7,13H2,1H3,(H,14,15);1H. The molecule has 0 aliphatic carbocycles. The maximum absolute atomic E-state index is 11.6. The molecule has 0 aliphatic heterocycles. The molecule has 0 bridgehead atoms. The molecule has 0 spiro atoms. The number of benzene rings is 1.